The summed E-state index contributed by atoms with van der Waals surface area (Å²) in [4.78, 5) is 18.8. The minimum Gasteiger partial charge on any atom is -0.341 e. The second-order valence-corrected chi connectivity index (χ2v) is 6.34. The van der Waals surface area contributed by atoms with Gasteiger partial charge in [0.05, 0.1) is 11.1 Å². The molecule has 0 atom stereocenters. The number of hydrogen-bond acceptors (Lipinski definition) is 5. The van der Waals surface area contributed by atoms with E-state index in [1.807, 2.05) is 0 Å². The number of Topliss-reactive ketones (excluding diaryl/α,β-unsaturated/α-hetero) is 1. The van der Waals surface area contributed by atoms with E-state index in [1.54, 1.807) is 24.5 Å². The predicted octanol–water partition coefficient (Wildman–Crippen LogP) is 3.58. The van der Waals surface area contributed by atoms with Crippen molar-refractivity contribution in [1.82, 2.24) is 4.98 Å². The summed E-state index contributed by atoms with van der Waals surface area (Å²) >= 11 is 3.23. The fourth-order valence-corrected chi connectivity index (χ4v) is 3.42. The lowest BCUT2D eigenvalue weighted by Crippen LogP contribution is -2.24. The van der Waals surface area contributed by atoms with Gasteiger partial charge in [-0.1, -0.05) is 11.3 Å². The Bertz CT molecular complexity index is 543. The lowest BCUT2D eigenvalue weighted by atomic mass is 10.3. The molecule has 5 heteroatoms. The molecule has 0 radical (unpaired) electrons. The average molecular weight is 278 g/mol. The molecule has 18 heavy (non-hydrogen) atoms. The van der Waals surface area contributed by atoms with E-state index >= 15 is 0 Å². The minimum atomic E-state index is 0.102. The molecule has 0 amide bonds. The minimum absolute atomic E-state index is 0.102. The van der Waals surface area contributed by atoms with Crippen molar-refractivity contribution in [3.05, 3.63) is 33.5 Å². The highest BCUT2D eigenvalue weighted by atomic mass is 32.1. The fraction of sp³-hybridized carbons (Fsp3) is 0.385. The fourth-order valence-electron chi connectivity index (χ4n) is 1.88. The Morgan fingerprint density at radius 2 is 2.39 bits per heavy atom. The summed E-state index contributed by atoms with van der Waals surface area (Å²) in [6.07, 6.45) is 4.17. The summed E-state index contributed by atoms with van der Waals surface area (Å²) in [5, 5.41) is 5.26. The van der Waals surface area contributed by atoms with Gasteiger partial charge < -0.3 is 4.90 Å². The first-order chi connectivity index (χ1) is 8.74. The van der Waals surface area contributed by atoms with Crippen molar-refractivity contribution in [2.24, 2.45) is 0 Å². The average Bonchev–Trinajstić information content (AvgIpc) is 2.88. The zero-order chi connectivity index (χ0) is 12.5. The number of thiophene rings is 1. The van der Waals surface area contributed by atoms with Crippen molar-refractivity contribution < 1.29 is 4.79 Å². The summed E-state index contributed by atoms with van der Waals surface area (Å²) in [5.41, 5.74) is 1.33. The molecular weight excluding hydrogens is 264 g/mol. The van der Waals surface area contributed by atoms with Crippen LogP contribution in [-0.2, 0) is 6.54 Å². The van der Waals surface area contributed by atoms with Gasteiger partial charge in [-0.05, 0) is 35.2 Å². The Morgan fingerprint density at radius 3 is 2.94 bits per heavy atom. The quantitative estimate of drug-likeness (QED) is 0.784. The Balaban J connectivity index is 1.82. The predicted molar refractivity (Wildman–Crippen MR) is 75.6 cm³/mol. The van der Waals surface area contributed by atoms with Gasteiger partial charge in [-0.15, -0.1) is 0 Å². The van der Waals surface area contributed by atoms with Crippen LogP contribution < -0.4 is 4.90 Å². The summed E-state index contributed by atoms with van der Waals surface area (Å²) in [6, 6.07) is 2.76. The number of hydrogen-bond donors (Lipinski definition) is 0. The van der Waals surface area contributed by atoms with Crippen LogP contribution in [0.1, 0.15) is 35.0 Å². The molecule has 3 rings (SSSR count). The van der Waals surface area contributed by atoms with Gasteiger partial charge in [-0.2, -0.15) is 11.3 Å². The Hall–Kier alpha value is -1.20. The normalized spacial score (nSPS) is 14.7. The van der Waals surface area contributed by atoms with Crippen molar-refractivity contribution in [1.29, 1.82) is 0 Å². The number of carbonyl (C=O) groups excluding carboxylic acids is 1. The van der Waals surface area contributed by atoms with Gasteiger partial charge in [0, 0.05) is 19.5 Å². The summed E-state index contributed by atoms with van der Waals surface area (Å²) in [5.74, 6) is 0.102. The third-order valence-corrected chi connectivity index (χ3v) is 4.87. The molecule has 0 N–H and O–H groups in total. The van der Waals surface area contributed by atoms with E-state index in [2.05, 4.69) is 26.7 Å². The summed E-state index contributed by atoms with van der Waals surface area (Å²) < 4.78 is 0. The monoisotopic (exact) mass is 278 g/mol. The first-order valence-corrected chi connectivity index (χ1v) is 7.74. The number of nitrogens with zero attached hydrogens (tertiary/aromatic N) is 2. The van der Waals surface area contributed by atoms with Crippen molar-refractivity contribution in [3.63, 3.8) is 0 Å². The van der Waals surface area contributed by atoms with Crippen LogP contribution in [-0.4, -0.2) is 16.8 Å². The zero-order valence-electron chi connectivity index (χ0n) is 10.1. The van der Waals surface area contributed by atoms with Crippen LogP contribution in [0.5, 0.6) is 0 Å². The molecule has 94 valence electrons. The van der Waals surface area contributed by atoms with Gasteiger partial charge in [0.1, 0.15) is 0 Å². The molecule has 0 unspecified atom stereocenters. The van der Waals surface area contributed by atoms with Crippen LogP contribution in [0.3, 0.4) is 0 Å². The van der Waals surface area contributed by atoms with Crippen LogP contribution in [0.4, 0.5) is 5.13 Å². The van der Waals surface area contributed by atoms with E-state index in [0.29, 0.717) is 6.04 Å². The number of aromatic nitrogens is 1. The molecule has 2 heterocycles. The van der Waals surface area contributed by atoms with E-state index in [9.17, 15) is 4.79 Å². The summed E-state index contributed by atoms with van der Waals surface area (Å²) in [7, 11) is 0. The van der Waals surface area contributed by atoms with Gasteiger partial charge >= 0.3 is 0 Å². The molecule has 2 aromatic heterocycles. The van der Waals surface area contributed by atoms with Crippen LogP contribution >= 0.6 is 22.7 Å². The van der Waals surface area contributed by atoms with Gasteiger partial charge in [-0.25, -0.2) is 4.98 Å². The Morgan fingerprint density at radius 1 is 1.56 bits per heavy atom. The van der Waals surface area contributed by atoms with E-state index in [4.69, 9.17) is 0 Å². The highest BCUT2D eigenvalue weighted by molar-refractivity contribution is 7.17. The first-order valence-electron chi connectivity index (χ1n) is 5.98. The molecule has 0 saturated heterocycles. The smallest absolute Gasteiger partial charge is 0.186 e. The maximum Gasteiger partial charge on any atom is 0.186 e. The van der Waals surface area contributed by atoms with Crippen LogP contribution in [0.2, 0.25) is 0 Å². The second-order valence-electron chi connectivity index (χ2n) is 4.55. The van der Waals surface area contributed by atoms with Gasteiger partial charge in [0.25, 0.3) is 0 Å². The second kappa shape index (κ2) is 4.82. The maximum absolute atomic E-state index is 11.3. The molecular formula is C13H14N2OS2. The third-order valence-electron chi connectivity index (χ3n) is 3.01. The third kappa shape index (κ3) is 2.47. The molecule has 1 aliphatic carbocycles. The SMILES string of the molecule is CC(=O)c1cnc(N(Cc2ccsc2)C2CC2)s1. The van der Waals surface area contributed by atoms with Crippen LogP contribution in [0.25, 0.3) is 0 Å². The van der Waals surface area contributed by atoms with E-state index in [-0.39, 0.29) is 5.78 Å². The van der Waals surface area contributed by atoms with E-state index in [1.165, 1.54) is 29.7 Å². The standard InChI is InChI=1S/C13H14N2OS2/c1-9(16)12-6-14-13(18-12)15(11-2-3-11)7-10-4-5-17-8-10/h4-6,8,11H,2-3,7H2,1H3. The zero-order valence-corrected chi connectivity index (χ0v) is 11.8. The number of anilines is 1. The van der Waals surface area contributed by atoms with Gasteiger partial charge in [-0.3, -0.25) is 4.79 Å². The van der Waals surface area contributed by atoms with Crippen molar-refractivity contribution in [2.45, 2.75) is 32.4 Å². The highest BCUT2D eigenvalue weighted by Gasteiger charge is 2.31. The lowest BCUT2D eigenvalue weighted by Gasteiger charge is -2.20. The van der Waals surface area contributed by atoms with Gasteiger partial charge in [0.2, 0.25) is 0 Å². The molecule has 1 aliphatic rings. The number of ketones is 1. The molecule has 0 spiro atoms. The Labute approximate surface area is 114 Å². The number of carbonyl (C=O) groups is 1. The molecule has 0 bridgehead atoms. The molecule has 3 nitrogen and oxygen atoms in total. The maximum atomic E-state index is 11.3. The molecule has 1 saturated carbocycles. The van der Waals surface area contributed by atoms with Crippen LogP contribution in [0.15, 0.2) is 23.0 Å². The van der Waals surface area contributed by atoms with Gasteiger partial charge in [0.15, 0.2) is 10.9 Å². The van der Waals surface area contributed by atoms with E-state index < -0.39 is 0 Å². The summed E-state index contributed by atoms with van der Waals surface area (Å²) in [6.45, 7) is 2.50. The number of thiazole rings is 1. The largest absolute Gasteiger partial charge is 0.341 e. The molecule has 2 aromatic rings. The topological polar surface area (TPSA) is 33.2 Å². The first kappa shape index (κ1) is 11.9. The number of rotatable bonds is 5. The Kier molecular flexibility index (Phi) is 3.18. The molecule has 1 fully saturated rings. The lowest BCUT2D eigenvalue weighted by molar-refractivity contribution is 0.102. The van der Waals surface area contributed by atoms with Crippen molar-refractivity contribution in [3.8, 4) is 0 Å². The van der Waals surface area contributed by atoms with Crippen molar-refractivity contribution >= 4 is 33.6 Å². The molecule has 0 aliphatic heterocycles. The van der Waals surface area contributed by atoms with E-state index in [0.717, 1.165) is 16.6 Å². The highest BCUT2D eigenvalue weighted by Crippen LogP contribution is 2.35. The van der Waals surface area contributed by atoms with Crippen LogP contribution in [0, 0.1) is 0 Å². The molecule has 0 aromatic carbocycles. The van der Waals surface area contributed by atoms with Crippen molar-refractivity contribution in [2.75, 3.05) is 4.90 Å².